The number of rotatable bonds is 8. The van der Waals surface area contributed by atoms with Crippen LogP contribution in [-0.4, -0.2) is 24.5 Å². The number of benzene rings is 2. The molecule has 0 saturated heterocycles. The number of nitrogens with one attached hydrogen (secondary N) is 2. The molecule has 0 fully saturated rings. The number of halogens is 4. The van der Waals surface area contributed by atoms with Crippen LogP contribution in [0.25, 0.3) is 0 Å². The molecule has 0 aliphatic heterocycles. The van der Waals surface area contributed by atoms with Crippen molar-refractivity contribution in [2.75, 3.05) is 6.61 Å². The monoisotopic (exact) mass is 478 g/mol. The zero-order valence-electron chi connectivity index (χ0n) is 15.3. The molecular formula is C19H18Cl4N2O4. The SMILES string of the molecule is CC(Oc1ccc(Cl)cc1Cl)C(=O)NNC(=O)CCCOc1ccc(Cl)cc1Cl. The van der Waals surface area contributed by atoms with E-state index in [-0.39, 0.29) is 24.0 Å². The summed E-state index contributed by atoms with van der Waals surface area (Å²) in [6.45, 7) is 1.80. The Kier molecular flexibility index (Phi) is 9.17. The van der Waals surface area contributed by atoms with E-state index in [1.165, 1.54) is 13.0 Å². The lowest BCUT2D eigenvalue weighted by atomic mass is 10.3. The molecule has 0 radical (unpaired) electrons. The Labute approximate surface area is 188 Å². The Bertz CT molecular complexity index is 879. The molecule has 0 aromatic heterocycles. The van der Waals surface area contributed by atoms with E-state index in [4.69, 9.17) is 55.9 Å². The topological polar surface area (TPSA) is 76.7 Å². The number of carbonyl (C=O) groups is 2. The first-order valence-corrected chi connectivity index (χ1v) is 10.1. The lowest BCUT2D eigenvalue weighted by Gasteiger charge is -2.16. The molecule has 0 bridgehead atoms. The first-order valence-electron chi connectivity index (χ1n) is 8.54. The summed E-state index contributed by atoms with van der Waals surface area (Å²) in [5.74, 6) is -0.117. The summed E-state index contributed by atoms with van der Waals surface area (Å²) < 4.78 is 11.0. The first kappa shape index (κ1) is 23.4. The Balaban J connectivity index is 1.67. The van der Waals surface area contributed by atoms with Crippen LogP contribution in [-0.2, 0) is 9.59 Å². The van der Waals surface area contributed by atoms with Crippen molar-refractivity contribution >= 4 is 58.2 Å². The van der Waals surface area contributed by atoms with Gasteiger partial charge in [0.2, 0.25) is 5.91 Å². The van der Waals surface area contributed by atoms with Gasteiger partial charge in [-0.25, -0.2) is 0 Å². The summed E-state index contributed by atoms with van der Waals surface area (Å²) >= 11 is 23.6. The fourth-order valence-corrected chi connectivity index (χ4v) is 3.03. The van der Waals surface area contributed by atoms with Gasteiger partial charge in [0.05, 0.1) is 16.7 Å². The van der Waals surface area contributed by atoms with Crippen molar-refractivity contribution in [3.63, 3.8) is 0 Å². The molecule has 0 spiro atoms. The number of hydrogen-bond acceptors (Lipinski definition) is 4. The molecule has 2 N–H and O–H groups in total. The molecule has 6 nitrogen and oxygen atoms in total. The maximum atomic E-state index is 12.0. The molecule has 0 aliphatic rings. The highest BCUT2D eigenvalue weighted by atomic mass is 35.5. The van der Waals surface area contributed by atoms with Gasteiger partial charge in [0.15, 0.2) is 6.10 Å². The quantitative estimate of drug-likeness (QED) is 0.409. The minimum absolute atomic E-state index is 0.143. The van der Waals surface area contributed by atoms with Gasteiger partial charge in [-0.15, -0.1) is 0 Å². The van der Waals surface area contributed by atoms with Crippen LogP contribution < -0.4 is 20.3 Å². The van der Waals surface area contributed by atoms with Gasteiger partial charge in [-0.05, 0) is 49.7 Å². The second-order valence-corrected chi connectivity index (χ2v) is 7.59. The minimum atomic E-state index is -0.885. The highest BCUT2D eigenvalue weighted by Crippen LogP contribution is 2.28. The molecule has 2 aromatic rings. The molecule has 0 heterocycles. The van der Waals surface area contributed by atoms with E-state index >= 15 is 0 Å². The van der Waals surface area contributed by atoms with Crippen LogP contribution in [0.15, 0.2) is 36.4 Å². The predicted molar refractivity (Wildman–Crippen MR) is 114 cm³/mol. The Hall–Kier alpha value is -1.86. The van der Waals surface area contributed by atoms with Crippen LogP contribution in [0, 0.1) is 0 Å². The van der Waals surface area contributed by atoms with Gasteiger partial charge in [-0.3, -0.25) is 20.4 Å². The number of carbonyl (C=O) groups excluding carboxylic acids is 2. The second-order valence-electron chi connectivity index (χ2n) is 5.90. The Morgan fingerprint density at radius 2 is 1.52 bits per heavy atom. The van der Waals surface area contributed by atoms with E-state index < -0.39 is 12.0 Å². The van der Waals surface area contributed by atoms with E-state index in [0.29, 0.717) is 33.0 Å². The van der Waals surface area contributed by atoms with E-state index in [0.717, 1.165) is 0 Å². The van der Waals surface area contributed by atoms with Crippen molar-refractivity contribution < 1.29 is 19.1 Å². The summed E-state index contributed by atoms with van der Waals surface area (Å²) in [7, 11) is 0. The van der Waals surface area contributed by atoms with Crippen molar-refractivity contribution in [2.24, 2.45) is 0 Å². The third kappa shape index (κ3) is 7.82. The number of amides is 2. The van der Waals surface area contributed by atoms with Crippen LogP contribution in [0.1, 0.15) is 19.8 Å². The summed E-state index contributed by atoms with van der Waals surface area (Å²) in [4.78, 5) is 23.9. The maximum Gasteiger partial charge on any atom is 0.279 e. The molecule has 156 valence electrons. The maximum absolute atomic E-state index is 12.0. The standard InChI is InChI=1S/C19H18Cl4N2O4/c1-11(29-17-7-5-13(21)10-15(17)23)19(27)25-24-18(26)3-2-8-28-16-6-4-12(20)9-14(16)22/h4-7,9-11H,2-3,8H2,1H3,(H,24,26)(H,25,27). The van der Waals surface area contributed by atoms with Gasteiger partial charge in [-0.1, -0.05) is 46.4 Å². The first-order chi connectivity index (χ1) is 13.8. The number of hydrazine groups is 1. The van der Waals surface area contributed by atoms with Gasteiger partial charge >= 0.3 is 0 Å². The van der Waals surface area contributed by atoms with Crippen molar-refractivity contribution in [1.29, 1.82) is 0 Å². The lowest BCUT2D eigenvalue weighted by molar-refractivity contribution is -0.132. The second kappa shape index (κ2) is 11.4. The summed E-state index contributed by atoms with van der Waals surface area (Å²) in [6.07, 6.45) is -0.319. The molecule has 1 unspecified atom stereocenters. The molecule has 0 aliphatic carbocycles. The van der Waals surface area contributed by atoms with Gasteiger partial charge in [-0.2, -0.15) is 0 Å². The fraction of sp³-hybridized carbons (Fsp3) is 0.263. The smallest absolute Gasteiger partial charge is 0.279 e. The summed E-state index contributed by atoms with van der Waals surface area (Å²) in [6, 6.07) is 9.53. The molecule has 2 aromatic carbocycles. The highest BCUT2D eigenvalue weighted by Gasteiger charge is 2.17. The van der Waals surface area contributed by atoms with Crippen LogP contribution in [0.4, 0.5) is 0 Å². The molecule has 0 saturated carbocycles. The van der Waals surface area contributed by atoms with E-state index in [1.54, 1.807) is 30.3 Å². The van der Waals surface area contributed by atoms with Crippen LogP contribution >= 0.6 is 46.4 Å². The third-order valence-electron chi connectivity index (χ3n) is 3.59. The van der Waals surface area contributed by atoms with E-state index in [1.807, 2.05) is 0 Å². The number of ether oxygens (including phenoxy) is 2. The average Bonchev–Trinajstić information content (AvgIpc) is 2.66. The fourth-order valence-electron chi connectivity index (χ4n) is 2.12. The highest BCUT2D eigenvalue weighted by molar-refractivity contribution is 6.36. The van der Waals surface area contributed by atoms with Gasteiger partial charge < -0.3 is 9.47 Å². The number of hydrogen-bond donors (Lipinski definition) is 2. The van der Waals surface area contributed by atoms with Crippen LogP contribution in [0.3, 0.4) is 0 Å². The normalized spacial score (nSPS) is 11.5. The molecular weight excluding hydrogens is 462 g/mol. The molecule has 2 amide bonds. The van der Waals surface area contributed by atoms with Crippen LogP contribution in [0.5, 0.6) is 11.5 Å². The van der Waals surface area contributed by atoms with Crippen molar-refractivity contribution in [3.8, 4) is 11.5 Å². The van der Waals surface area contributed by atoms with E-state index in [2.05, 4.69) is 10.9 Å². The third-order valence-corrected chi connectivity index (χ3v) is 4.65. The van der Waals surface area contributed by atoms with Crippen molar-refractivity contribution in [2.45, 2.75) is 25.9 Å². The molecule has 2 rings (SSSR count). The summed E-state index contributed by atoms with van der Waals surface area (Å²) in [5.41, 5.74) is 4.62. The Morgan fingerprint density at radius 3 is 2.10 bits per heavy atom. The zero-order chi connectivity index (χ0) is 21.4. The molecule has 1 atom stereocenters. The minimum Gasteiger partial charge on any atom is -0.492 e. The van der Waals surface area contributed by atoms with E-state index in [9.17, 15) is 9.59 Å². The largest absolute Gasteiger partial charge is 0.492 e. The molecule has 29 heavy (non-hydrogen) atoms. The van der Waals surface area contributed by atoms with Gasteiger partial charge in [0, 0.05) is 16.5 Å². The predicted octanol–water partition coefficient (Wildman–Crippen LogP) is 5.07. The Morgan fingerprint density at radius 1 is 0.931 bits per heavy atom. The van der Waals surface area contributed by atoms with Crippen molar-refractivity contribution in [3.05, 3.63) is 56.5 Å². The van der Waals surface area contributed by atoms with Gasteiger partial charge in [0.1, 0.15) is 11.5 Å². The average molecular weight is 480 g/mol. The van der Waals surface area contributed by atoms with Crippen molar-refractivity contribution in [1.82, 2.24) is 10.9 Å². The lowest BCUT2D eigenvalue weighted by Crippen LogP contribution is -2.47. The van der Waals surface area contributed by atoms with Gasteiger partial charge in [0.25, 0.3) is 5.91 Å². The van der Waals surface area contributed by atoms with Crippen LogP contribution in [0.2, 0.25) is 20.1 Å². The molecule has 10 heteroatoms. The summed E-state index contributed by atoms with van der Waals surface area (Å²) in [5, 5.41) is 1.63. The zero-order valence-corrected chi connectivity index (χ0v) is 18.3.